The zero-order valence-electron chi connectivity index (χ0n) is 13.8. The van der Waals surface area contributed by atoms with Crippen molar-refractivity contribution in [3.63, 3.8) is 0 Å². The molecule has 0 radical (unpaired) electrons. The fraction of sp³-hybridized carbons (Fsp3) is 0.688. The first-order valence-corrected chi connectivity index (χ1v) is 9.03. The van der Waals surface area contributed by atoms with Gasteiger partial charge >= 0.3 is 0 Å². The van der Waals surface area contributed by atoms with E-state index in [1.54, 1.807) is 11.3 Å². The van der Waals surface area contributed by atoms with E-state index in [1.807, 2.05) is 0 Å². The Bertz CT molecular complexity index is 427. The molecule has 2 rings (SSSR count). The fourth-order valence-electron chi connectivity index (χ4n) is 2.48. The van der Waals surface area contributed by atoms with Gasteiger partial charge in [-0.15, -0.1) is 24.0 Å². The van der Waals surface area contributed by atoms with Gasteiger partial charge in [0.15, 0.2) is 5.96 Å². The van der Waals surface area contributed by atoms with E-state index in [0.717, 1.165) is 32.1 Å². The van der Waals surface area contributed by atoms with Crippen LogP contribution in [0.25, 0.3) is 0 Å². The van der Waals surface area contributed by atoms with Crippen LogP contribution in [0.4, 0.5) is 0 Å². The largest absolute Gasteiger partial charge is 0.357 e. The molecule has 0 aromatic carbocycles. The highest BCUT2D eigenvalue weighted by atomic mass is 127. The predicted octanol–water partition coefficient (Wildman–Crippen LogP) is 3.47. The topological polar surface area (TPSA) is 39.7 Å². The first-order chi connectivity index (χ1) is 10.3. The van der Waals surface area contributed by atoms with Crippen LogP contribution in [-0.4, -0.2) is 43.1 Å². The van der Waals surface area contributed by atoms with Crippen molar-refractivity contribution in [1.29, 1.82) is 0 Å². The Morgan fingerprint density at radius 3 is 2.59 bits per heavy atom. The van der Waals surface area contributed by atoms with E-state index in [4.69, 9.17) is 4.99 Å². The van der Waals surface area contributed by atoms with Crippen molar-refractivity contribution in [2.75, 3.05) is 26.2 Å². The van der Waals surface area contributed by atoms with Crippen LogP contribution >= 0.6 is 35.3 Å². The van der Waals surface area contributed by atoms with Crippen molar-refractivity contribution in [2.45, 2.75) is 45.7 Å². The average Bonchev–Trinajstić information content (AvgIpc) is 3.14. The molecule has 1 aliphatic rings. The second kappa shape index (κ2) is 10.4. The van der Waals surface area contributed by atoms with Crippen molar-refractivity contribution >= 4 is 41.3 Å². The van der Waals surface area contributed by atoms with E-state index in [-0.39, 0.29) is 24.0 Å². The van der Waals surface area contributed by atoms with Gasteiger partial charge in [-0.05, 0) is 55.2 Å². The minimum Gasteiger partial charge on any atom is -0.357 e. The molecule has 1 atom stereocenters. The molecule has 22 heavy (non-hydrogen) atoms. The number of rotatable bonds is 8. The Morgan fingerprint density at radius 1 is 1.36 bits per heavy atom. The maximum atomic E-state index is 4.82. The van der Waals surface area contributed by atoms with Crippen molar-refractivity contribution in [2.24, 2.45) is 4.99 Å². The molecular weight excluding hydrogens is 407 g/mol. The number of hydrogen-bond acceptors (Lipinski definition) is 3. The normalized spacial score (nSPS) is 16.3. The van der Waals surface area contributed by atoms with Crippen LogP contribution in [-0.2, 0) is 0 Å². The van der Waals surface area contributed by atoms with Crippen LogP contribution < -0.4 is 10.6 Å². The number of nitrogens with one attached hydrogen (secondary N) is 2. The average molecular weight is 436 g/mol. The Morgan fingerprint density at radius 2 is 2.09 bits per heavy atom. The standard InChI is InChI=1S/C16H28N4S.HI/c1-4-17-16(19-14-7-8-14)18-11-15(20(5-2)6-3)13-9-10-21-12-13;/h9-10,12,14-15H,4-8,11H2,1-3H3,(H2,17,18,19);1H. The summed E-state index contributed by atoms with van der Waals surface area (Å²) < 4.78 is 0. The number of hydrogen-bond donors (Lipinski definition) is 2. The van der Waals surface area contributed by atoms with E-state index in [9.17, 15) is 0 Å². The van der Waals surface area contributed by atoms with Crippen molar-refractivity contribution in [3.8, 4) is 0 Å². The maximum Gasteiger partial charge on any atom is 0.191 e. The number of guanidine groups is 1. The fourth-order valence-corrected chi connectivity index (χ4v) is 3.19. The zero-order valence-corrected chi connectivity index (χ0v) is 17.0. The quantitative estimate of drug-likeness (QED) is 0.373. The Balaban J connectivity index is 0.00000242. The summed E-state index contributed by atoms with van der Waals surface area (Å²) in [5.74, 6) is 0.965. The summed E-state index contributed by atoms with van der Waals surface area (Å²) in [6.45, 7) is 10.4. The zero-order chi connectivity index (χ0) is 15.1. The molecule has 0 saturated heterocycles. The van der Waals surface area contributed by atoms with Gasteiger partial charge in [-0.2, -0.15) is 11.3 Å². The molecule has 1 saturated carbocycles. The van der Waals surface area contributed by atoms with Gasteiger partial charge in [0.1, 0.15) is 0 Å². The van der Waals surface area contributed by atoms with E-state index >= 15 is 0 Å². The highest BCUT2D eigenvalue weighted by Gasteiger charge is 2.23. The highest BCUT2D eigenvalue weighted by Crippen LogP contribution is 2.23. The SMILES string of the molecule is CCNC(=NCC(c1ccsc1)N(CC)CC)NC1CC1.I. The molecule has 0 bridgehead atoms. The number of halogens is 1. The number of aliphatic imine (C=N–C) groups is 1. The predicted molar refractivity (Wildman–Crippen MR) is 108 cm³/mol. The van der Waals surface area contributed by atoms with Crippen molar-refractivity contribution < 1.29 is 0 Å². The molecule has 2 N–H and O–H groups in total. The Hall–Kier alpha value is -0.340. The number of nitrogens with zero attached hydrogens (tertiary/aromatic N) is 2. The molecule has 0 spiro atoms. The first-order valence-electron chi connectivity index (χ1n) is 8.09. The second-order valence-electron chi connectivity index (χ2n) is 5.43. The minimum absolute atomic E-state index is 0. The molecule has 1 unspecified atom stereocenters. The van der Waals surface area contributed by atoms with Gasteiger partial charge in [-0.3, -0.25) is 9.89 Å². The smallest absolute Gasteiger partial charge is 0.191 e. The third-order valence-electron chi connectivity index (χ3n) is 3.87. The van der Waals surface area contributed by atoms with Crippen molar-refractivity contribution in [3.05, 3.63) is 22.4 Å². The van der Waals surface area contributed by atoms with Crippen LogP contribution in [0.1, 0.15) is 45.2 Å². The van der Waals surface area contributed by atoms with Crippen LogP contribution in [0.2, 0.25) is 0 Å². The summed E-state index contributed by atoms with van der Waals surface area (Å²) in [7, 11) is 0. The van der Waals surface area contributed by atoms with Gasteiger partial charge in [0, 0.05) is 12.6 Å². The summed E-state index contributed by atoms with van der Waals surface area (Å²) in [6.07, 6.45) is 2.54. The van der Waals surface area contributed by atoms with Gasteiger partial charge in [-0.1, -0.05) is 13.8 Å². The second-order valence-corrected chi connectivity index (χ2v) is 6.21. The molecule has 126 valence electrons. The molecule has 0 amide bonds. The first kappa shape index (κ1) is 19.7. The van der Waals surface area contributed by atoms with Gasteiger partial charge in [0.25, 0.3) is 0 Å². The van der Waals surface area contributed by atoms with E-state index in [2.05, 4.69) is 53.1 Å². The lowest BCUT2D eigenvalue weighted by molar-refractivity contribution is 0.224. The molecule has 1 aromatic rings. The maximum absolute atomic E-state index is 4.82. The Kier molecular flexibility index (Phi) is 9.35. The molecule has 1 aliphatic carbocycles. The van der Waals surface area contributed by atoms with E-state index < -0.39 is 0 Å². The summed E-state index contributed by atoms with van der Waals surface area (Å²) in [5.41, 5.74) is 1.38. The molecular formula is C16H29IN4S. The lowest BCUT2D eigenvalue weighted by atomic mass is 10.1. The monoisotopic (exact) mass is 436 g/mol. The van der Waals surface area contributed by atoms with E-state index in [1.165, 1.54) is 18.4 Å². The van der Waals surface area contributed by atoms with Crippen molar-refractivity contribution in [1.82, 2.24) is 15.5 Å². The van der Waals surface area contributed by atoms with Crippen LogP contribution in [0.5, 0.6) is 0 Å². The molecule has 1 heterocycles. The molecule has 4 nitrogen and oxygen atoms in total. The number of likely N-dealkylation sites (N-methyl/N-ethyl adjacent to an activating group) is 1. The molecule has 1 fully saturated rings. The van der Waals surface area contributed by atoms with Gasteiger partial charge in [0.05, 0.1) is 12.6 Å². The third kappa shape index (κ3) is 6.04. The lowest BCUT2D eigenvalue weighted by Crippen LogP contribution is -2.39. The minimum atomic E-state index is 0. The summed E-state index contributed by atoms with van der Waals surface area (Å²) in [4.78, 5) is 7.30. The van der Waals surface area contributed by atoms with Crippen LogP contribution in [0.3, 0.4) is 0 Å². The molecule has 6 heteroatoms. The van der Waals surface area contributed by atoms with Crippen LogP contribution in [0, 0.1) is 0 Å². The van der Waals surface area contributed by atoms with E-state index in [0.29, 0.717) is 12.1 Å². The summed E-state index contributed by atoms with van der Waals surface area (Å²) in [6, 6.07) is 3.24. The lowest BCUT2D eigenvalue weighted by Gasteiger charge is -2.28. The highest BCUT2D eigenvalue weighted by molar-refractivity contribution is 14.0. The van der Waals surface area contributed by atoms with Crippen LogP contribution in [0.15, 0.2) is 21.8 Å². The summed E-state index contributed by atoms with van der Waals surface area (Å²) in [5, 5.41) is 11.2. The molecule has 0 aliphatic heterocycles. The third-order valence-corrected chi connectivity index (χ3v) is 4.57. The van der Waals surface area contributed by atoms with Gasteiger partial charge < -0.3 is 10.6 Å². The number of thiophene rings is 1. The summed E-state index contributed by atoms with van der Waals surface area (Å²) >= 11 is 1.77. The van der Waals surface area contributed by atoms with Gasteiger partial charge in [0.2, 0.25) is 0 Å². The Labute approximate surface area is 155 Å². The molecule has 1 aromatic heterocycles. The van der Waals surface area contributed by atoms with Gasteiger partial charge in [-0.25, -0.2) is 0 Å².